The van der Waals surface area contributed by atoms with Crippen LogP contribution in [0.3, 0.4) is 0 Å². The Morgan fingerprint density at radius 1 is 0.826 bits per heavy atom. The van der Waals surface area contributed by atoms with Crippen molar-refractivity contribution in [2.75, 3.05) is 0 Å². The molecule has 0 saturated carbocycles. The largest absolute Gasteiger partial charge is 0.573 e. The van der Waals surface area contributed by atoms with E-state index in [2.05, 4.69) is 4.74 Å². The quantitative estimate of drug-likeness (QED) is 0.770. The summed E-state index contributed by atoms with van der Waals surface area (Å²) < 4.78 is 91.4. The minimum Gasteiger partial charge on any atom is -0.508 e. The normalized spacial score (nSPS) is 12.3. The van der Waals surface area contributed by atoms with Crippen molar-refractivity contribution in [3.05, 3.63) is 47.8 Å². The van der Waals surface area contributed by atoms with Gasteiger partial charge in [0.25, 0.3) is 0 Å². The average Bonchev–Trinajstić information content (AvgIpc) is 2.34. The molecule has 0 bridgehead atoms. The zero-order valence-electron chi connectivity index (χ0n) is 11.0. The summed E-state index contributed by atoms with van der Waals surface area (Å²) in [5.74, 6) is -2.99. The standard InChI is InChI=1S/C14H7F7O2/c15-12-2-1-7(5-11(12)13(16,17)18)8-3-9(22)6-10(4-8)23-14(19,20)21/h1-6,22H. The Labute approximate surface area is 124 Å². The molecule has 1 N–H and O–H groups in total. The molecule has 0 amide bonds. The molecule has 2 aromatic carbocycles. The maximum Gasteiger partial charge on any atom is 0.573 e. The summed E-state index contributed by atoms with van der Waals surface area (Å²) in [5, 5.41) is 9.39. The number of alkyl halides is 6. The SMILES string of the molecule is Oc1cc(OC(F)(F)F)cc(-c2ccc(F)c(C(F)(F)F)c2)c1. The second kappa shape index (κ2) is 5.64. The molecule has 0 aliphatic heterocycles. The first-order valence-corrected chi connectivity index (χ1v) is 5.92. The van der Waals surface area contributed by atoms with E-state index in [4.69, 9.17) is 0 Å². The molecule has 2 rings (SSSR count). The van der Waals surface area contributed by atoms with Gasteiger partial charge in [-0.15, -0.1) is 13.2 Å². The lowest BCUT2D eigenvalue weighted by Gasteiger charge is -2.13. The second-order valence-electron chi connectivity index (χ2n) is 4.46. The number of rotatable bonds is 2. The number of phenols is 1. The summed E-state index contributed by atoms with van der Waals surface area (Å²) in [6, 6.07) is 4.26. The van der Waals surface area contributed by atoms with Crippen LogP contribution in [-0.2, 0) is 6.18 Å². The first kappa shape index (κ1) is 16.9. The fraction of sp³-hybridized carbons (Fsp3) is 0.143. The Morgan fingerprint density at radius 2 is 1.48 bits per heavy atom. The Morgan fingerprint density at radius 3 is 2.04 bits per heavy atom. The molecular weight excluding hydrogens is 333 g/mol. The molecule has 0 heterocycles. The Bertz CT molecular complexity index is 720. The summed E-state index contributed by atoms with van der Waals surface area (Å²) in [6.45, 7) is 0. The molecular formula is C14H7F7O2. The van der Waals surface area contributed by atoms with Gasteiger partial charge in [-0.25, -0.2) is 4.39 Å². The highest BCUT2D eigenvalue weighted by molar-refractivity contribution is 5.68. The predicted octanol–water partition coefficient (Wildman–Crippen LogP) is 5.12. The zero-order chi connectivity index (χ0) is 17.4. The van der Waals surface area contributed by atoms with E-state index < -0.39 is 35.4 Å². The lowest BCUT2D eigenvalue weighted by Crippen LogP contribution is -2.17. The zero-order valence-corrected chi connectivity index (χ0v) is 11.0. The van der Waals surface area contributed by atoms with Gasteiger partial charge in [0.2, 0.25) is 0 Å². The number of benzene rings is 2. The van der Waals surface area contributed by atoms with Crippen LogP contribution < -0.4 is 4.74 Å². The van der Waals surface area contributed by atoms with E-state index in [0.29, 0.717) is 18.2 Å². The second-order valence-corrected chi connectivity index (χ2v) is 4.46. The van der Waals surface area contributed by atoms with Gasteiger partial charge in [-0.2, -0.15) is 13.2 Å². The monoisotopic (exact) mass is 340 g/mol. The molecule has 0 atom stereocenters. The first-order valence-electron chi connectivity index (χ1n) is 5.92. The van der Waals surface area contributed by atoms with Crippen molar-refractivity contribution in [3.8, 4) is 22.6 Å². The van der Waals surface area contributed by atoms with Crippen molar-refractivity contribution in [1.82, 2.24) is 0 Å². The van der Waals surface area contributed by atoms with Crippen LogP contribution in [0.5, 0.6) is 11.5 Å². The number of phenolic OH excluding ortho intramolecular Hbond substituents is 1. The van der Waals surface area contributed by atoms with Gasteiger partial charge < -0.3 is 9.84 Å². The van der Waals surface area contributed by atoms with E-state index in [1.54, 1.807) is 0 Å². The minimum atomic E-state index is -5.04. The van der Waals surface area contributed by atoms with E-state index in [0.717, 1.165) is 18.2 Å². The van der Waals surface area contributed by atoms with Gasteiger partial charge in [0.1, 0.15) is 17.3 Å². The Hall–Kier alpha value is -2.45. The van der Waals surface area contributed by atoms with E-state index in [1.807, 2.05) is 0 Å². The molecule has 0 aliphatic rings. The van der Waals surface area contributed by atoms with Crippen LogP contribution in [0.1, 0.15) is 5.56 Å². The third kappa shape index (κ3) is 4.27. The number of hydrogen-bond acceptors (Lipinski definition) is 2. The van der Waals surface area contributed by atoms with Crippen LogP contribution >= 0.6 is 0 Å². The molecule has 0 saturated heterocycles. The van der Waals surface area contributed by atoms with Gasteiger partial charge in [0.05, 0.1) is 5.56 Å². The molecule has 0 aliphatic carbocycles. The summed E-state index contributed by atoms with van der Waals surface area (Å²) in [7, 11) is 0. The molecule has 2 nitrogen and oxygen atoms in total. The topological polar surface area (TPSA) is 29.5 Å². The third-order valence-corrected chi connectivity index (χ3v) is 2.73. The van der Waals surface area contributed by atoms with E-state index in [1.165, 1.54) is 0 Å². The fourth-order valence-electron chi connectivity index (χ4n) is 1.86. The molecule has 0 aromatic heterocycles. The minimum absolute atomic E-state index is 0.199. The lowest BCUT2D eigenvalue weighted by molar-refractivity contribution is -0.274. The van der Waals surface area contributed by atoms with E-state index in [9.17, 15) is 35.8 Å². The van der Waals surface area contributed by atoms with Crippen molar-refractivity contribution in [2.45, 2.75) is 12.5 Å². The fourth-order valence-corrected chi connectivity index (χ4v) is 1.86. The van der Waals surface area contributed by atoms with Crippen molar-refractivity contribution in [3.63, 3.8) is 0 Å². The molecule has 124 valence electrons. The van der Waals surface area contributed by atoms with Crippen molar-refractivity contribution in [1.29, 1.82) is 0 Å². The summed E-state index contributed by atoms with van der Waals surface area (Å²) >= 11 is 0. The molecule has 9 heteroatoms. The predicted molar refractivity (Wildman–Crippen MR) is 65.2 cm³/mol. The number of halogens is 7. The molecule has 23 heavy (non-hydrogen) atoms. The van der Waals surface area contributed by atoms with Gasteiger partial charge in [-0.1, -0.05) is 6.07 Å². The van der Waals surface area contributed by atoms with Crippen LogP contribution in [-0.4, -0.2) is 11.5 Å². The Kier molecular flexibility index (Phi) is 4.14. The van der Waals surface area contributed by atoms with Crippen LogP contribution in [0, 0.1) is 5.82 Å². The average molecular weight is 340 g/mol. The number of hydrogen-bond donors (Lipinski definition) is 1. The van der Waals surface area contributed by atoms with Crippen molar-refractivity contribution < 1.29 is 40.6 Å². The third-order valence-electron chi connectivity index (χ3n) is 2.73. The molecule has 0 fully saturated rings. The smallest absolute Gasteiger partial charge is 0.508 e. The Balaban J connectivity index is 2.50. The summed E-state index contributed by atoms with van der Waals surface area (Å²) in [6.07, 6.45) is -10.0. The maximum absolute atomic E-state index is 13.2. The number of ether oxygens (including phenoxy) is 1. The van der Waals surface area contributed by atoms with Gasteiger partial charge in [0, 0.05) is 6.07 Å². The van der Waals surface area contributed by atoms with Crippen molar-refractivity contribution >= 4 is 0 Å². The molecule has 0 radical (unpaired) electrons. The highest BCUT2D eigenvalue weighted by Crippen LogP contribution is 2.36. The first-order chi connectivity index (χ1) is 10.5. The molecule has 0 spiro atoms. The van der Waals surface area contributed by atoms with E-state index in [-0.39, 0.29) is 11.1 Å². The summed E-state index contributed by atoms with van der Waals surface area (Å²) in [5.41, 5.74) is -2.01. The van der Waals surface area contributed by atoms with Crippen LogP contribution in [0.4, 0.5) is 30.7 Å². The summed E-state index contributed by atoms with van der Waals surface area (Å²) in [4.78, 5) is 0. The molecule has 0 unspecified atom stereocenters. The van der Waals surface area contributed by atoms with Gasteiger partial charge in [-0.3, -0.25) is 0 Å². The lowest BCUT2D eigenvalue weighted by atomic mass is 10.0. The van der Waals surface area contributed by atoms with Gasteiger partial charge in [-0.05, 0) is 35.4 Å². The van der Waals surface area contributed by atoms with Crippen LogP contribution in [0.2, 0.25) is 0 Å². The van der Waals surface area contributed by atoms with Crippen LogP contribution in [0.15, 0.2) is 36.4 Å². The van der Waals surface area contributed by atoms with Crippen LogP contribution in [0.25, 0.3) is 11.1 Å². The maximum atomic E-state index is 13.2. The number of aromatic hydroxyl groups is 1. The van der Waals surface area contributed by atoms with Gasteiger partial charge in [0.15, 0.2) is 0 Å². The van der Waals surface area contributed by atoms with Crippen molar-refractivity contribution in [2.24, 2.45) is 0 Å². The van der Waals surface area contributed by atoms with Gasteiger partial charge >= 0.3 is 12.5 Å². The molecule has 2 aromatic rings. The highest BCUT2D eigenvalue weighted by atomic mass is 19.4. The highest BCUT2D eigenvalue weighted by Gasteiger charge is 2.34. The van der Waals surface area contributed by atoms with E-state index >= 15 is 0 Å².